The molecule has 2 aromatic heterocycles. The number of aromatic nitrogens is 4. The Hall–Kier alpha value is -2.48. The number of rotatable bonds is 4. The predicted octanol–water partition coefficient (Wildman–Crippen LogP) is 3.04. The Kier molecular flexibility index (Phi) is 4.59. The molecular formula is C19H23N5O2S. The zero-order chi connectivity index (χ0) is 19.1. The zero-order valence-electron chi connectivity index (χ0n) is 15.5. The summed E-state index contributed by atoms with van der Waals surface area (Å²) in [5.74, 6) is 0.642. The summed E-state index contributed by atoms with van der Waals surface area (Å²) in [7, 11) is 0. The van der Waals surface area contributed by atoms with Crippen LogP contribution in [0.4, 0.5) is 0 Å². The Balaban J connectivity index is 1.87. The van der Waals surface area contributed by atoms with Crippen molar-refractivity contribution in [2.75, 3.05) is 0 Å². The van der Waals surface area contributed by atoms with Gasteiger partial charge >= 0.3 is 0 Å². The van der Waals surface area contributed by atoms with Crippen LogP contribution in [-0.4, -0.2) is 31.1 Å². The van der Waals surface area contributed by atoms with Crippen LogP contribution in [-0.2, 0) is 6.54 Å². The summed E-state index contributed by atoms with van der Waals surface area (Å²) in [4.78, 5) is 25.7. The topological polar surface area (TPSA) is 84.2 Å². The van der Waals surface area contributed by atoms with Crippen molar-refractivity contribution in [1.29, 1.82) is 0 Å². The van der Waals surface area contributed by atoms with Gasteiger partial charge in [0.15, 0.2) is 0 Å². The Morgan fingerprint density at radius 2 is 2.11 bits per heavy atom. The maximum atomic E-state index is 13.0. The predicted molar refractivity (Wildman–Crippen MR) is 107 cm³/mol. The number of benzene rings is 1. The van der Waals surface area contributed by atoms with E-state index in [9.17, 15) is 9.59 Å². The third-order valence-electron chi connectivity index (χ3n) is 5.11. The van der Waals surface area contributed by atoms with E-state index in [0.29, 0.717) is 33.6 Å². The van der Waals surface area contributed by atoms with Crippen molar-refractivity contribution in [2.24, 2.45) is 5.92 Å². The minimum Gasteiger partial charge on any atom is -0.349 e. The molecule has 8 heteroatoms. The van der Waals surface area contributed by atoms with Crippen molar-refractivity contribution in [1.82, 2.24) is 24.5 Å². The second kappa shape index (κ2) is 6.92. The third kappa shape index (κ3) is 3.18. The van der Waals surface area contributed by atoms with Gasteiger partial charge in [0, 0.05) is 18.2 Å². The summed E-state index contributed by atoms with van der Waals surface area (Å²) in [6, 6.07) is 5.40. The molecule has 1 aliphatic rings. The van der Waals surface area contributed by atoms with Crippen LogP contribution in [0.2, 0.25) is 0 Å². The van der Waals surface area contributed by atoms with Gasteiger partial charge in [0.1, 0.15) is 0 Å². The van der Waals surface area contributed by atoms with Crippen LogP contribution in [0.1, 0.15) is 49.9 Å². The fraction of sp³-hybridized carbons (Fsp3) is 0.474. The van der Waals surface area contributed by atoms with E-state index in [0.717, 1.165) is 25.7 Å². The maximum absolute atomic E-state index is 13.0. The van der Waals surface area contributed by atoms with E-state index >= 15 is 0 Å². The largest absolute Gasteiger partial charge is 0.349 e. The SMILES string of the molecule is CC(C)Cn1c(=O)c2ccc(C(=O)NC3CCCC3)cc2n2c(=S)[nH]nc12. The number of aromatic amines is 1. The van der Waals surface area contributed by atoms with Gasteiger partial charge in [-0.05, 0) is 49.2 Å². The van der Waals surface area contributed by atoms with Crippen LogP contribution in [0.25, 0.3) is 16.7 Å². The molecule has 0 radical (unpaired) electrons. The lowest BCUT2D eigenvalue weighted by Crippen LogP contribution is -2.32. The van der Waals surface area contributed by atoms with Crippen molar-refractivity contribution in [3.05, 3.63) is 38.9 Å². The Morgan fingerprint density at radius 3 is 2.81 bits per heavy atom. The van der Waals surface area contributed by atoms with Crippen molar-refractivity contribution in [3.8, 4) is 0 Å². The molecule has 0 saturated heterocycles. The van der Waals surface area contributed by atoms with E-state index in [2.05, 4.69) is 15.5 Å². The average Bonchev–Trinajstić information content (AvgIpc) is 3.27. The summed E-state index contributed by atoms with van der Waals surface area (Å²) >= 11 is 5.38. The first-order valence-corrected chi connectivity index (χ1v) is 9.81. The van der Waals surface area contributed by atoms with Crippen molar-refractivity contribution in [2.45, 2.75) is 52.1 Å². The normalized spacial score (nSPS) is 15.2. The Bertz CT molecular complexity index is 1130. The number of nitrogens with zero attached hydrogens (tertiary/aromatic N) is 3. The number of fused-ring (bicyclic) bond motifs is 3. The van der Waals surface area contributed by atoms with Crippen LogP contribution < -0.4 is 10.9 Å². The van der Waals surface area contributed by atoms with Crippen LogP contribution in [0, 0.1) is 10.7 Å². The van der Waals surface area contributed by atoms with Crippen molar-refractivity contribution >= 4 is 34.8 Å². The standard InChI is InChI=1S/C19H23N5O2S/c1-11(2)10-23-17(26)14-8-7-12(16(25)20-13-5-3-4-6-13)9-15(14)24-18(23)21-22-19(24)27/h7-9,11,13H,3-6,10H2,1-2H3,(H,20,25)(H,22,27). The molecule has 142 valence electrons. The molecule has 0 spiro atoms. The van der Waals surface area contributed by atoms with Crippen LogP contribution in [0.5, 0.6) is 0 Å². The van der Waals surface area contributed by atoms with E-state index in [1.807, 2.05) is 13.8 Å². The Labute approximate surface area is 161 Å². The fourth-order valence-corrected chi connectivity index (χ4v) is 4.06. The molecule has 1 aliphatic carbocycles. The minimum absolute atomic E-state index is 0.113. The lowest BCUT2D eigenvalue weighted by atomic mass is 10.1. The first-order chi connectivity index (χ1) is 13.0. The van der Waals surface area contributed by atoms with Gasteiger partial charge in [0.25, 0.3) is 11.5 Å². The van der Waals surface area contributed by atoms with Crippen molar-refractivity contribution in [3.63, 3.8) is 0 Å². The van der Waals surface area contributed by atoms with E-state index in [4.69, 9.17) is 12.2 Å². The molecule has 0 atom stereocenters. The minimum atomic E-state index is -0.122. The van der Waals surface area contributed by atoms with E-state index < -0.39 is 0 Å². The molecule has 3 aromatic rings. The molecule has 1 fully saturated rings. The number of amides is 1. The lowest BCUT2D eigenvalue weighted by molar-refractivity contribution is 0.0938. The van der Waals surface area contributed by atoms with Gasteiger partial charge in [-0.2, -0.15) is 0 Å². The quantitative estimate of drug-likeness (QED) is 0.676. The summed E-state index contributed by atoms with van der Waals surface area (Å²) in [5.41, 5.74) is 1.01. The summed E-state index contributed by atoms with van der Waals surface area (Å²) in [6.45, 7) is 4.64. The van der Waals surface area contributed by atoms with Gasteiger partial charge in [0.05, 0.1) is 10.9 Å². The maximum Gasteiger partial charge on any atom is 0.262 e. The summed E-state index contributed by atoms with van der Waals surface area (Å²) < 4.78 is 3.78. The molecule has 2 N–H and O–H groups in total. The second-order valence-electron chi connectivity index (χ2n) is 7.66. The van der Waals surface area contributed by atoms with E-state index in [1.54, 1.807) is 27.2 Å². The molecule has 0 unspecified atom stereocenters. The molecule has 1 saturated carbocycles. The molecule has 4 rings (SSSR count). The smallest absolute Gasteiger partial charge is 0.262 e. The highest BCUT2D eigenvalue weighted by Gasteiger charge is 2.20. The zero-order valence-corrected chi connectivity index (χ0v) is 16.3. The highest BCUT2D eigenvalue weighted by Crippen LogP contribution is 2.20. The highest BCUT2D eigenvalue weighted by atomic mass is 32.1. The molecule has 7 nitrogen and oxygen atoms in total. The first kappa shape index (κ1) is 17.9. The van der Waals surface area contributed by atoms with Gasteiger partial charge in [-0.15, -0.1) is 5.10 Å². The molecule has 27 heavy (non-hydrogen) atoms. The molecular weight excluding hydrogens is 362 g/mol. The number of carbonyl (C=O) groups is 1. The van der Waals surface area contributed by atoms with Crippen LogP contribution in [0.3, 0.4) is 0 Å². The average molecular weight is 385 g/mol. The molecule has 0 aliphatic heterocycles. The van der Waals surface area contributed by atoms with Crippen LogP contribution >= 0.6 is 12.2 Å². The first-order valence-electron chi connectivity index (χ1n) is 9.40. The Morgan fingerprint density at radius 1 is 1.37 bits per heavy atom. The number of hydrogen-bond donors (Lipinski definition) is 2. The number of hydrogen-bond acceptors (Lipinski definition) is 4. The number of H-pyrrole nitrogens is 1. The highest BCUT2D eigenvalue weighted by molar-refractivity contribution is 7.71. The lowest BCUT2D eigenvalue weighted by Gasteiger charge is -2.14. The summed E-state index contributed by atoms with van der Waals surface area (Å²) in [6.07, 6.45) is 4.36. The monoisotopic (exact) mass is 385 g/mol. The number of nitrogens with one attached hydrogen (secondary N) is 2. The number of carbonyl (C=O) groups excluding carboxylic acids is 1. The van der Waals surface area contributed by atoms with Gasteiger partial charge in [-0.1, -0.05) is 26.7 Å². The van der Waals surface area contributed by atoms with Gasteiger partial charge in [-0.3, -0.25) is 18.6 Å². The van der Waals surface area contributed by atoms with Gasteiger partial charge in [0.2, 0.25) is 10.5 Å². The molecule has 0 bridgehead atoms. The molecule has 1 aromatic carbocycles. The molecule has 1 amide bonds. The third-order valence-corrected chi connectivity index (χ3v) is 5.38. The van der Waals surface area contributed by atoms with Gasteiger partial charge < -0.3 is 5.32 Å². The van der Waals surface area contributed by atoms with Crippen LogP contribution in [0.15, 0.2) is 23.0 Å². The summed E-state index contributed by atoms with van der Waals surface area (Å²) in [5, 5.41) is 10.6. The van der Waals surface area contributed by atoms with E-state index in [-0.39, 0.29) is 23.4 Å². The molecule has 2 heterocycles. The second-order valence-corrected chi connectivity index (χ2v) is 8.05. The van der Waals surface area contributed by atoms with Crippen molar-refractivity contribution < 1.29 is 4.79 Å². The van der Waals surface area contributed by atoms with Gasteiger partial charge in [-0.25, -0.2) is 5.10 Å². The van der Waals surface area contributed by atoms with E-state index in [1.165, 1.54) is 0 Å². The fourth-order valence-electron chi connectivity index (χ4n) is 3.83.